The summed E-state index contributed by atoms with van der Waals surface area (Å²) in [6.45, 7) is 4.59. The number of aliphatic hydroxyl groups is 4. The summed E-state index contributed by atoms with van der Waals surface area (Å²) in [6.07, 6.45) is -6.98. The van der Waals surface area contributed by atoms with Crippen LogP contribution in [-0.4, -0.2) is 64.5 Å². The van der Waals surface area contributed by atoms with Crippen LogP contribution in [0.15, 0.2) is 54.6 Å². The number of hydrogen-bond donors (Lipinski definition) is 4. The number of alkyl halides is 1. The van der Waals surface area contributed by atoms with Crippen LogP contribution in [0.3, 0.4) is 0 Å². The van der Waals surface area contributed by atoms with Gasteiger partial charge >= 0.3 is 0 Å². The summed E-state index contributed by atoms with van der Waals surface area (Å²) in [5.74, 6) is 0.798. The molecule has 212 valence electrons. The Kier molecular flexibility index (Phi) is 7.06. The van der Waals surface area contributed by atoms with Crippen LogP contribution in [0.5, 0.6) is 11.5 Å². The summed E-state index contributed by atoms with van der Waals surface area (Å²) in [4.78, 5) is 2.19. The van der Waals surface area contributed by atoms with E-state index in [-0.39, 0.29) is 16.9 Å². The molecule has 1 spiro atoms. The number of ether oxygens (including phenoxy) is 3. The topological polar surface area (TPSA) is 112 Å². The third-order valence-corrected chi connectivity index (χ3v) is 8.53. The van der Waals surface area contributed by atoms with Crippen molar-refractivity contribution >= 4 is 5.69 Å². The van der Waals surface area contributed by atoms with Gasteiger partial charge in [0.15, 0.2) is 5.60 Å². The average Bonchev–Trinajstić information content (AvgIpc) is 3.36. The minimum Gasteiger partial charge on any atom is -0.456 e. The first kappa shape index (κ1) is 27.1. The summed E-state index contributed by atoms with van der Waals surface area (Å²) in [6, 6.07) is 17.4. The van der Waals surface area contributed by atoms with Crippen LogP contribution in [0.2, 0.25) is 0 Å². The van der Waals surface area contributed by atoms with Gasteiger partial charge in [-0.3, -0.25) is 0 Å². The summed E-state index contributed by atoms with van der Waals surface area (Å²) in [5.41, 5.74) is 3.74. The number of rotatable bonds is 6. The van der Waals surface area contributed by atoms with E-state index in [9.17, 15) is 20.4 Å². The Morgan fingerprint density at radius 2 is 1.68 bits per heavy atom. The highest BCUT2D eigenvalue weighted by Gasteiger charge is 2.51. The molecule has 1 unspecified atom stereocenters. The van der Waals surface area contributed by atoms with Gasteiger partial charge in [0, 0.05) is 41.5 Å². The van der Waals surface area contributed by atoms with Crippen LogP contribution in [-0.2, 0) is 28.4 Å². The zero-order valence-corrected chi connectivity index (χ0v) is 22.5. The second-order valence-corrected chi connectivity index (χ2v) is 10.5. The van der Waals surface area contributed by atoms with Gasteiger partial charge in [-0.2, -0.15) is 0 Å². The van der Waals surface area contributed by atoms with Gasteiger partial charge in [-0.15, -0.1) is 0 Å². The van der Waals surface area contributed by atoms with E-state index in [1.807, 2.05) is 42.5 Å². The molecule has 0 saturated carbocycles. The van der Waals surface area contributed by atoms with Crippen molar-refractivity contribution in [1.82, 2.24) is 0 Å². The Bertz CT molecular complexity index is 1410. The fourth-order valence-electron chi connectivity index (χ4n) is 6.43. The fourth-order valence-corrected chi connectivity index (χ4v) is 6.43. The molecule has 9 heteroatoms. The van der Waals surface area contributed by atoms with Crippen LogP contribution in [0.25, 0.3) is 0 Å². The van der Waals surface area contributed by atoms with Crippen molar-refractivity contribution in [3.8, 4) is 11.5 Å². The highest BCUT2D eigenvalue weighted by atomic mass is 19.1. The molecule has 3 aromatic rings. The number of aliphatic hydroxyl groups excluding tert-OH is 4. The lowest BCUT2D eigenvalue weighted by Crippen LogP contribution is -2.55. The maximum atomic E-state index is 15.0. The van der Waals surface area contributed by atoms with Crippen LogP contribution in [0, 0.1) is 0 Å². The van der Waals surface area contributed by atoms with Crippen LogP contribution < -0.4 is 9.64 Å². The molecule has 3 aliphatic rings. The second kappa shape index (κ2) is 10.4. The van der Waals surface area contributed by atoms with Crippen molar-refractivity contribution in [2.24, 2.45) is 0 Å². The molecule has 1 saturated heterocycles. The van der Waals surface area contributed by atoms with Crippen molar-refractivity contribution < 1.29 is 39.0 Å². The van der Waals surface area contributed by atoms with Crippen molar-refractivity contribution in [2.75, 3.05) is 24.6 Å². The van der Waals surface area contributed by atoms with Crippen molar-refractivity contribution in [2.45, 2.75) is 63.2 Å². The number of hydrogen-bond acceptors (Lipinski definition) is 8. The summed E-state index contributed by atoms with van der Waals surface area (Å²) in [5, 5.41) is 41.2. The molecule has 40 heavy (non-hydrogen) atoms. The van der Waals surface area contributed by atoms with E-state index in [1.54, 1.807) is 12.1 Å². The normalized spacial score (nSPS) is 28.5. The van der Waals surface area contributed by atoms with E-state index in [1.165, 1.54) is 0 Å². The molecule has 3 aliphatic heterocycles. The molecular formula is C31H34FNO7. The Hall–Kier alpha value is -3.05. The fraction of sp³-hybridized carbons (Fsp3) is 0.419. The van der Waals surface area contributed by atoms with E-state index in [2.05, 4.69) is 18.7 Å². The monoisotopic (exact) mass is 551 g/mol. The molecule has 8 nitrogen and oxygen atoms in total. The summed E-state index contributed by atoms with van der Waals surface area (Å²) in [7, 11) is 0. The lowest BCUT2D eigenvalue weighted by Gasteiger charge is -2.42. The average molecular weight is 552 g/mol. The number of anilines is 1. The molecular weight excluding hydrogens is 517 g/mol. The molecule has 0 amide bonds. The van der Waals surface area contributed by atoms with Gasteiger partial charge in [-0.1, -0.05) is 36.4 Å². The first-order valence-corrected chi connectivity index (χ1v) is 13.7. The maximum Gasteiger partial charge on any atom is 0.151 e. The highest BCUT2D eigenvalue weighted by Crippen LogP contribution is 2.58. The molecule has 0 bridgehead atoms. The summed E-state index contributed by atoms with van der Waals surface area (Å²) >= 11 is 0. The predicted octanol–water partition coefficient (Wildman–Crippen LogP) is 3.45. The van der Waals surface area contributed by atoms with Gasteiger partial charge < -0.3 is 39.5 Å². The molecule has 3 aromatic carbocycles. The Labute approximate surface area is 232 Å². The van der Waals surface area contributed by atoms with Gasteiger partial charge in [-0.05, 0) is 42.7 Å². The van der Waals surface area contributed by atoms with Crippen molar-refractivity contribution in [3.05, 3.63) is 88.0 Å². The van der Waals surface area contributed by atoms with E-state index < -0.39 is 49.4 Å². The zero-order valence-electron chi connectivity index (χ0n) is 22.5. The van der Waals surface area contributed by atoms with E-state index >= 15 is 4.39 Å². The Morgan fingerprint density at radius 1 is 0.925 bits per heavy atom. The van der Waals surface area contributed by atoms with E-state index in [4.69, 9.17) is 14.2 Å². The third-order valence-electron chi connectivity index (χ3n) is 8.53. The van der Waals surface area contributed by atoms with Gasteiger partial charge in [-0.25, -0.2) is 4.39 Å². The molecule has 1 fully saturated rings. The third kappa shape index (κ3) is 3.88. The molecule has 0 aromatic heterocycles. The van der Waals surface area contributed by atoms with Gasteiger partial charge in [0.2, 0.25) is 0 Å². The molecule has 0 radical (unpaired) electrons. The molecule has 6 atom stereocenters. The molecule has 0 aliphatic carbocycles. The van der Waals surface area contributed by atoms with E-state index in [0.29, 0.717) is 17.9 Å². The lowest BCUT2D eigenvalue weighted by atomic mass is 9.76. The van der Waals surface area contributed by atoms with Crippen molar-refractivity contribution in [1.29, 1.82) is 0 Å². The first-order chi connectivity index (χ1) is 19.4. The second-order valence-electron chi connectivity index (χ2n) is 10.5. The van der Waals surface area contributed by atoms with Gasteiger partial charge in [0.05, 0.1) is 13.2 Å². The van der Waals surface area contributed by atoms with Gasteiger partial charge in [0.25, 0.3) is 0 Å². The first-order valence-electron chi connectivity index (χ1n) is 13.7. The highest BCUT2D eigenvalue weighted by molar-refractivity contribution is 5.69. The van der Waals surface area contributed by atoms with Crippen LogP contribution >= 0.6 is 0 Å². The van der Waals surface area contributed by atoms with E-state index in [0.717, 1.165) is 35.5 Å². The van der Waals surface area contributed by atoms with Crippen LogP contribution in [0.4, 0.5) is 10.1 Å². The van der Waals surface area contributed by atoms with Gasteiger partial charge in [0.1, 0.15) is 48.7 Å². The summed E-state index contributed by atoms with van der Waals surface area (Å²) < 4.78 is 34.0. The minimum atomic E-state index is -1.59. The molecule has 3 heterocycles. The molecule has 4 N–H and O–H groups in total. The number of benzene rings is 3. The van der Waals surface area contributed by atoms with Crippen LogP contribution in [0.1, 0.15) is 53.3 Å². The smallest absolute Gasteiger partial charge is 0.151 e. The largest absolute Gasteiger partial charge is 0.456 e. The Morgan fingerprint density at radius 3 is 2.40 bits per heavy atom. The minimum absolute atomic E-state index is 0.146. The zero-order chi connectivity index (χ0) is 28.2. The number of nitrogens with zero attached hydrogens (tertiary/aromatic N) is 1. The quantitative estimate of drug-likeness (QED) is 0.369. The number of halogens is 1. The maximum absolute atomic E-state index is 15.0. The lowest BCUT2D eigenvalue weighted by molar-refractivity contribution is -0.232. The standard InChI is InChI=1S/C31H34FNO7/c1-3-33(4-2)18-9-11-22-24(13-18)39-29-20(14-32)19(30-28(37)27(36)26(35)25(15-34)40-30)10-12-23(29)31(22)21-8-6-5-7-17(21)16-38-31/h5-13,25-28,30,34-37H,3-4,14-16H2,1-2H3/t25-,26+,27+,28-,30+,31?/m1/s1. The van der Waals surface area contributed by atoms with Crippen molar-refractivity contribution in [3.63, 3.8) is 0 Å². The Balaban J connectivity index is 1.56. The molecule has 6 rings (SSSR count). The predicted molar refractivity (Wildman–Crippen MR) is 145 cm³/mol. The SMILES string of the molecule is CCN(CC)c1ccc2c(c1)Oc1c(ccc([C@@H]3O[C@H](CO)[C@H](O)[C@H](O)[C@H]3O)c1CF)C21OCc2ccccc21. The number of fused-ring (bicyclic) bond motifs is 6.